The summed E-state index contributed by atoms with van der Waals surface area (Å²) >= 11 is 3.21. The van der Waals surface area contributed by atoms with Gasteiger partial charge < -0.3 is 10.1 Å². The quantitative estimate of drug-likeness (QED) is 0.666. The van der Waals surface area contributed by atoms with Gasteiger partial charge in [0, 0.05) is 17.0 Å². The number of ether oxygens (including phenoxy) is 1. The van der Waals surface area contributed by atoms with Crippen LogP contribution in [0.4, 0.5) is 14.5 Å². The minimum Gasteiger partial charge on any atom is -0.461 e. The van der Waals surface area contributed by atoms with E-state index >= 15 is 0 Å². The first-order chi connectivity index (χ1) is 13.3. The van der Waals surface area contributed by atoms with Crippen molar-refractivity contribution in [3.63, 3.8) is 0 Å². The molecule has 1 fully saturated rings. The Hall–Kier alpha value is -2.28. The normalized spacial score (nSPS) is 16.0. The van der Waals surface area contributed by atoms with Crippen molar-refractivity contribution in [2.45, 2.75) is 44.6 Å². The molecule has 1 N–H and O–H groups in total. The average molecular weight is 450 g/mol. The van der Waals surface area contributed by atoms with Gasteiger partial charge in [-0.3, -0.25) is 9.59 Å². The molecular weight excluding hydrogens is 432 g/mol. The van der Waals surface area contributed by atoms with Crippen LogP contribution in [0.5, 0.6) is 0 Å². The number of halogens is 3. The molecule has 1 saturated carbocycles. The van der Waals surface area contributed by atoms with Crippen LogP contribution in [0, 0.1) is 11.6 Å². The topological polar surface area (TPSA) is 55.4 Å². The summed E-state index contributed by atoms with van der Waals surface area (Å²) in [6.07, 6.45) is 3.97. The molecule has 0 unspecified atom stereocenters. The van der Waals surface area contributed by atoms with Crippen molar-refractivity contribution < 1.29 is 23.1 Å². The molecule has 2 aromatic rings. The fourth-order valence-corrected chi connectivity index (χ4v) is 4.44. The number of hydrogen-bond acceptors (Lipinski definition) is 3. The summed E-state index contributed by atoms with van der Waals surface area (Å²) in [6.45, 7) is 1.10. The van der Waals surface area contributed by atoms with Crippen molar-refractivity contribution in [1.29, 1.82) is 0 Å². The van der Waals surface area contributed by atoms with Gasteiger partial charge in [0.15, 0.2) is 0 Å². The maximum atomic E-state index is 14.7. The van der Waals surface area contributed by atoms with Gasteiger partial charge in [-0.1, -0.05) is 15.9 Å². The van der Waals surface area contributed by atoms with Gasteiger partial charge in [-0.05, 0) is 66.5 Å². The molecule has 146 valence electrons. The first kappa shape index (κ1) is 19.1. The zero-order valence-electron chi connectivity index (χ0n) is 15.2. The maximum Gasteiger partial charge on any atom is 0.302 e. The lowest BCUT2D eigenvalue weighted by molar-refractivity contribution is -0.142. The van der Waals surface area contributed by atoms with Crippen LogP contribution in [0.25, 0.3) is 0 Å². The smallest absolute Gasteiger partial charge is 0.302 e. The molecule has 2 aliphatic carbocycles. The number of benzene rings is 2. The van der Waals surface area contributed by atoms with Crippen LogP contribution in [0.3, 0.4) is 0 Å². The number of rotatable bonds is 4. The van der Waals surface area contributed by atoms with Crippen LogP contribution in [0.15, 0.2) is 28.7 Å². The maximum absolute atomic E-state index is 14.7. The number of amides is 1. The van der Waals surface area contributed by atoms with Crippen LogP contribution in [-0.2, 0) is 28.0 Å². The number of esters is 1. The van der Waals surface area contributed by atoms with E-state index in [2.05, 4.69) is 21.2 Å². The summed E-state index contributed by atoms with van der Waals surface area (Å²) in [6, 6.07) is 5.41. The third-order valence-corrected chi connectivity index (χ3v) is 6.27. The number of carbonyl (C=O) groups is 2. The third-order valence-electron chi connectivity index (χ3n) is 5.56. The van der Waals surface area contributed by atoms with E-state index in [1.54, 1.807) is 6.07 Å². The van der Waals surface area contributed by atoms with E-state index in [-0.39, 0.29) is 23.3 Å². The Morgan fingerprint density at radius 1 is 1.18 bits per heavy atom. The van der Waals surface area contributed by atoms with Crippen molar-refractivity contribution in [3.8, 4) is 0 Å². The first-order valence-electron chi connectivity index (χ1n) is 9.05. The molecule has 0 aliphatic heterocycles. The zero-order valence-corrected chi connectivity index (χ0v) is 16.8. The average Bonchev–Trinajstić information content (AvgIpc) is 3.31. The second kappa shape index (κ2) is 6.95. The minimum atomic E-state index is -0.668. The predicted octanol–water partition coefficient (Wildman–Crippen LogP) is 5.02. The fraction of sp³-hybridized carbons (Fsp3) is 0.333. The molecule has 0 aromatic heterocycles. The molecule has 1 spiro atoms. The molecule has 4 nitrogen and oxygen atoms in total. The molecule has 7 heteroatoms. The van der Waals surface area contributed by atoms with Gasteiger partial charge in [0.1, 0.15) is 18.2 Å². The van der Waals surface area contributed by atoms with Crippen molar-refractivity contribution in [2.24, 2.45) is 0 Å². The molecular formula is C21H18BrF2NO3. The van der Waals surface area contributed by atoms with E-state index in [0.717, 1.165) is 42.9 Å². The molecule has 0 atom stereocenters. The van der Waals surface area contributed by atoms with Gasteiger partial charge in [-0.25, -0.2) is 8.78 Å². The van der Waals surface area contributed by atoms with Crippen molar-refractivity contribution in [1.82, 2.24) is 0 Å². The molecule has 0 radical (unpaired) electrons. The minimum absolute atomic E-state index is 0.0738. The number of fused-ring (bicyclic) bond motifs is 2. The van der Waals surface area contributed by atoms with E-state index in [1.807, 2.05) is 0 Å². The molecule has 0 bridgehead atoms. The Morgan fingerprint density at radius 3 is 2.61 bits per heavy atom. The molecule has 2 aromatic carbocycles. The molecule has 0 saturated heterocycles. The summed E-state index contributed by atoms with van der Waals surface area (Å²) < 4.78 is 33.8. The van der Waals surface area contributed by atoms with Crippen molar-refractivity contribution >= 4 is 33.5 Å². The highest BCUT2D eigenvalue weighted by Crippen LogP contribution is 2.57. The van der Waals surface area contributed by atoms with Gasteiger partial charge in [0.25, 0.3) is 5.91 Å². The summed E-state index contributed by atoms with van der Waals surface area (Å²) in [5, 5.41) is 2.56. The molecule has 2 aliphatic rings. The van der Waals surface area contributed by atoms with E-state index in [9.17, 15) is 18.4 Å². The highest BCUT2D eigenvalue weighted by molar-refractivity contribution is 9.10. The third kappa shape index (κ3) is 3.43. The zero-order chi connectivity index (χ0) is 20.1. The SMILES string of the molecule is CC(=O)OCc1c(Br)cc(F)cc1NC(=O)c1cc2c(cc1F)C1(CC2)CC1. The largest absolute Gasteiger partial charge is 0.461 e. The van der Waals surface area contributed by atoms with Gasteiger partial charge in [0.2, 0.25) is 0 Å². The Balaban J connectivity index is 1.63. The molecule has 28 heavy (non-hydrogen) atoms. The molecule has 1 amide bonds. The Kier molecular flexibility index (Phi) is 4.73. The summed E-state index contributed by atoms with van der Waals surface area (Å²) in [7, 11) is 0. The lowest BCUT2D eigenvalue weighted by Crippen LogP contribution is -2.17. The van der Waals surface area contributed by atoms with Crippen LogP contribution in [0.1, 0.15) is 53.2 Å². The molecule has 0 heterocycles. The monoisotopic (exact) mass is 449 g/mol. The number of hydrogen-bond donors (Lipinski definition) is 1. The van der Waals surface area contributed by atoms with Crippen molar-refractivity contribution in [2.75, 3.05) is 5.32 Å². The van der Waals surface area contributed by atoms with Gasteiger partial charge in [-0.15, -0.1) is 0 Å². The summed E-state index contributed by atoms with van der Waals surface area (Å²) in [5.74, 6) is -2.34. The first-order valence-corrected chi connectivity index (χ1v) is 9.84. The van der Waals surface area contributed by atoms with Crippen LogP contribution in [-0.4, -0.2) is 11.9 Å². The summed E-state index contributed by atoms with van der Waals surface area (Å²) in [4.78, 5) is 23.8. The molecule has 4 rings (SSSR count). The van der Waals surface area contributed by atoms with Crippen LogP contribution < -0.4 is 5.32 Å². The number of anilines is 1. The van der Waals surface area contributed by atoms with Gasteiger partial charge in [-0.2, -0.15) is 0 Å². The summed E-state index contributed by atoms with van der Waals surface area (Å²) in [5.41, 5.74) is 2.58. The second-order valence-corrected chi connectivity index (χ2v) is 8.27. The number of nitrogens with one attached hydrogen (secondary N) is 1. The number of aryl methyl sites for hydroxylation is 1. The van der Waals surface area contributed by atoms with Crippen molar-refractivity contribution in [3.05, 3.63) is 62.6 Å². The van der Waals surface area contributed by atoms with Crippen LogP contribution >= 0.6 is 15.9 Å². The highest BCUT2D eigenvalue weighted by atomic mass is 79.9. The Morgan fingerprint density at radius 2 is 1.93 bits per heavy atom. The lowest BCUT2D eigenvalue weighted by Gasteiger charge is -2.15. The Bertz CT molecular complexity index is 1000. The fourth-order valence-electron chi connectivity index (χ4n) is 3.90. The van der Waals surface area contributed by atoms with E-state index in [4.69, 9.17) is 4.74 Å². The van der Waals surface area contributed by atoms with Crippen LogP contribution in [0.2, 0.25) is 0 Å². The highest BCUT2D eigenvalue weighted by Gasteiger charge is 2.48. The van der Waals surface area contributed by atoms with E-state index in [0.29, 0.717) is 10.0 Å². The standard InChI is InChI=1S/C21H18BrF2NO3/c1-11(26)28-10-15-17(22)7-13(23)8-19(15)25-20(27)14-6-12-2-3-21(4-5-21)16(12)9-18(14)24/h6-9H,2-5,10H2,1H3,(H,25,27). The lowest BCUT2D eigenvalue weighted by atomic mass is 9.96. The van der Waals surface area contributed by atoms with E-state index < -0.39 is 23.5 Å². The number of carbonyl (C=O) groups excluding carboxylic acids is 2. The second-order valence-electron chi connectivity index (χ2n) is 7.42. The van der Waals surface area contributed by atoms with E-state index in [1.165, 1.54) is 19.1 Å². The van der Waals surface area contributed by atoms with Gasteiger partial charge in [0.05, 0.1) is 11.3 Å². The van der Waals surface area contributed by atoms with Gasteiger partial charge >= 0.3 is 5.97 Å². The predicted molar refractivity (Wildman–Crippen MR) is 103 cm³/mol. The Labute approximate surface area is 169 Å².